The topological polar surface area (TPSA) is 56.1 Å². The van der Waals surface area contributed by atoms with Gasteiger partial charge in [-0.15, -0.1) is 0 Å². The minimum absolute atomic E-state index is 0.336. The molecule has 100 valence electrons. The molecule has 1 fully saturated rings. The molecule has 2 aromatic rings. The Kier molecular flexibility index (Phi) is 3.16. The van der Waals surface area contributed by atoms with Gasteiger partial charge in [0.15, 0.2) is 5.82 Å². The van der Waals surface area contributed by atoms with E-state index in [-0.39, 0.29) is 0 Å². The molecule has 6 heteroatoms. The number of hydrogen-bond acceptors (Lipinski definition) is 5. The highest BCUT2D eigenvalue weighted by Gasteiger charge is 2.20. The van der Waals surface area contributed by atoms with E-state index in [4.69, 9.17) is 4.74 Å². The number of imidazole rings is 1. The van der Waals surface area contributed by atoms with Crippen molar-refractivity contribution in [3.8, 4) is 11.5 Å². The second-order valence-electron chi connectivity index (χ2n) is 4.75. The van der Waals surface area contributed by atoms with Gasteiger partial charge in [0.1, 0.15) is 11.5 Å². The first-order valence-corrected chi connectivity index (χ1v) is 6.40. The number of morpholine rings is 1. The average molecular weight is 259 g/mol. The summed E-state index contributed by atoms with van der Waals surface area (Å²) in [6.45, 7) is 4.49. The van der Waals surface area contributed by atoms with E-state index >= 15 is 0 Å². The molecular formula is C13H17N5O. The number of ether oxygens (including phenoxy) is 1. The van der Waals surface area contributed by atoms with Crippen molar-refractivity contribution in [2.45, 2.75) is 13.0 Å². The Morgan fingerprint density at radius 3 is 3.05 bits per heavy atom. The predicted octanol–water partition coefficient (Wildman–Crippen LogP) is 1.10. The molecule has 1 unspecified atom stereocenters. The third-order valence-corrected chi connectivity index (χ3v) is 3.35. The standard InChI is InChI=1S/C13H17N5O/c1-10-8-19-6-5-18(10)12-3-4-15-13(16-12)11-7-14-9-17(11)2/h3-4,7,9-10H,5-6,8H2,1-2H3. The van der Waals surface area contributed by atoms with Crippen LogP contribution in [0.5, 0.6) is 0 Å². The van der Waals surface area contributed by atoms with Gasteiger partial charge in [0, 0.05) is 19.8 Å². The van der Waals surface area contributed by atoms with Crippen molar-refractivity contribution < 1.29 is 4.74 Å². The summed E-state index contributed by atoms with van der Waals surface area (Å²) < 4.78 is 7.37. The summed E-state index contributed by atoms with van der Waals surface area (Å²) in [7, 11) is 1.94. The molecule has 0 saturated carbocycles. The summed E-state index contributed by atoms with van der Waals surface area (Å²) in [6, 6.07) is 2.28. The van der Waals surface area contributed by atoms with E-state index in [9.17, 15) is 0 Å². The SMILES string of the molecule is CC1COCCN1c1ccnc(-c2cncn2C)n1. The minimum Gasteiger partial charge on any atom is -0.377 e. The predicted molar refractivity (Wildman–Crippen MR) is 71.9 cm³/mol. The van der Waals surface area contributed by atoms with Crippen molar-refractivity contribution in [2.24, 2.45) is 7.05 Å². The summed E-state index contributed by atoms with van der Waals surface area (Å²) in [4.78, 5) is 15.3. The van der Waals surface area contributed by atoms with Gasteiger partial charge in [0.2, 0.25) is 0 Å². The maximum atomic E-state index is 5.46. The quantitative estimate of drug-likeness (QED) is 0.808. The van der Waals surface area contributed by atoms with Crippen molar-refractivity contribution in [3.05, 3.63) is 24.8 Å². The van der Waals surface area contributed by atoms with E-state index < -0.39 is 0 Å². The lowest BCUT2D eigenvalue weighted by Gasteiger charge is -2.34. The Balaban J connectivity index is 1.94. The molecule has 0 bridgehead atoms. The summed E-state index contributed by atoms with van der Waals surface area (Å²) in [6.07, 6.45) is 5.33. The van der Waals surface area contributed by atoms with E-state index in [2.05, 4.69) is 26.8 Å². The van der Waals surface area contributed by atoms with Crippen LogP contribution < -0.4 is 4.90 Å². The fraction of sp³-hybridized carbons (Fsp3) is 0.462. The fourth-order valence-corrected chi connectivity index (χ4v) is 2.27. The molecule has 0 amide bonds. The molecular weight excluding hydrogens is 242 g/mol. The number of nitrogens with zero attached hydrogens (tertiary/aromatic N) is 5. The van der Waals surface area contributed by atoms with Crippen LogP contribution in [-0.2, 0) is 11.8 Å². The van der Waals surface area contributed by atoms with Crippen LogP contribution in [0.15, 0.2) is 24.8 Å². The Morgan fingerprint density at radius 1 is 1.42 bits per heavy atom. The van der Waals surface area contributed by atoms with Gasteiger partial charge in [-0.1, -0.05) is 0 Å². The van der Waals surface area contributed by atoms with Gasteiger partial charge in [-0.3, -0.25) is 0 Å². The van der Waals surface area contributed by atoms with Gasteiger partial charge in [0.05, 0.1) is 31.8 Å². The highest BCUT2D eigenvalue weighted by molar-refractivity contribution is 5.52. The summed E-state index contributed by atoms with van der Waals surface area (Å²) in [5, 5.41) is 0. The molecule has 19 heavy (non-hydrogen) atoms. The molecule has 1 atom stereocenters. The lowest BCUT2D eigenvalue weighted by molar-refractivity contribution is 0.0985. The smallest absolute Gasteiger partial charge is 0.179 e. The molecule has 1 aliphatic heterocycles. The maximum absolute atomic E-state index is 5.46. The monoisotopic (exact) mass is 259 g/mol. The molecule has 3 heterocycles. The van der Waals surface area contributed by atoms with E-state index in [0.29, 0.717) is 11.9 Å². The number of aryl methyl sites for hydroxylation is 1. The van der Waals surface area contributed by atoms with E-state index in [0.717, 1.165) is 31.3 Å². The van der Waals surface area contributed by atoms with Crippen LogP contribution in [0.2, 0.25) is 0 Å². The number of hydrogen-bond donors (Lipinski definition) is 0. The van der Waals surface area contributed by atoms with Crippen LogP contribution in [0.25, 0.3) is 11.5 Å². The van der Waals surface area contributed by atoms with Crippen LogP contribution in [0, 0.1) is 0 Å². The lowest BCUT2D eigenvalue weighted by Crippen LogP contribution is -2.44. The first-order valence-electron chi connectivity index (χ1n) is 6.40. The Morgan fingerprint density at radius 2 is 2.32 bits per heavy atom. The molecule has 3 rings (SSSR count). The molecule has 1 aliphatic rings. The van der Waals surface area contributed by atoms with Gasteiger partial charge in [0.25, 0.3) is 0 Å². The van der Waals surface area contributed by atoms with Crippen LogP contribution in [0.1, 0.15) is 6.92 Å². The van der Waals surface area contributed by atoms with Crippen LogP contribution >= 0.6 is 0 Å². The zero-order chi connectivity index (χ0) is 13.2. The highest BCUT2D eigenvalue weighted by atomic mass is 16.5. The van der Waals surface area contributed by atoms with E-state index in [1.165, 1.54) is 0 Å². The maximum Gasteiger partial charge on any atom is 0.179 e. The number of rotatable bonds is 2. The zero-order valence-corrected chi connectivity index (χ0v) is 11.2. The average Bonchev–Trinajstić information content (AvgIpc) is 2.86. The second kappa shape index (κ2) is 4.97. The second-order valence-corrected chi connectivity index (χ2v) is 4.75. The molecule has 2 aromatic heterocycles. The van der Waals surface area contributed by atoms with Gasteiger partial charge >= 0.3 is 0 Å². The summed E-state index contributed by atoms with van der Waals surface area (Å²) >= 11 is 0. The molecule has 6 nitrogen and oxygen atoms in total. The van der Waals surface area contributed by atoms with Crippen LogP contribution in [0.3, 0.4) is 0 Å². The van der Waals surface area contributed by atoms with Crippen molar-refractivity contribution in [1.82, 2.24) is 19.5 Å². The van der Waals surface area contributed by atoms with Gasteiger partial charge in [-0.2, -0.15) is 0 Å². The Bertz CT molecular complexity index is 568. The van der Waals surface area contributed by atoms with Gasteiger partial charge < -0.3 is 14.2 Å². The first kappa shape index (κ1) is 12.1. The van der Waals surface area contributed by atoms with Crippen molar-refractivity contribution >= 4 is 5.82 Å². The van der Waals surface area contributed by atoms with Gasteiger partial charge in [-0.25, -0.2) is 15.0 Å². The molecule has 0 radical (unpaired) electrons. The zero-order valence-electron chi connectivity index (χ0n) is 11.2. The van der Waals surface area contributed by atoms with Gasteiger partial charge in [-0.05, 0) is 13.0 Å². The van der Waals surface area contributed by atoms with Crippen molar-refractivity contribution in [2.75, 3.05) is 24.7 Å². The highest BCUT2D eigenvalue weighted by Crippen LogP contribution is 2.20. The largest absolute Gasteiger partial charge is 0.377 e. The van der Waals surface area contributed by atoms with Crippen LogP contribution in [-0.4, -0.2) is 45.3 Å². The molecule has 0 aromatic carbocycles. The molecule has 0 aliphatic carbocycles. The van der Waals surface area contributed by atoms with Crippen LogP contribution in [0.4, 0.5) is 5.82 Å². The normalized spacial score (nSPS) is 19.7. The molecule has 0 N–H and O–H groups in total. The first-order chi connectivity index (χ1) is 9.25. The number of anilines is 1. The van der Waals surface area contributed by atoms with E-state index in [1.54, 1.807) is 18.7 Å². The summed E-state index contributed by atoms with van der Waals surface area (Å²) in [5.74, 6) is 1.65. The molecule has 0 spiro atoms. The minimum atomic E-state index is 0.336. The summed E-state index contributed by atoms with van der Waals surface area (Å²) in [5.41, 5.74) is 0.919. The molecule has 1 saturated heterocycles. The Labute approximate surface area is 112 Å². The lowest BCUT2D eigenvalue weighted by atomic mass is 10.2. The Hall–Kier alpha value is -1.95. The number of aromatic nitrogens is 4. The van der Waals surface area contributed by atoms with Crippen molar-refractivity contribution in [3.63, 3.8) is 0 Å². The fourth-order valence-electron chi connectivity index (χ4n) is 2.27. The third-order valence-electron chi connectivity index (χ3n) is 3.35. The van der Waals surface area contributed by atoms with Crippen molar-refractivity contribution in [1.29, 1.82) is 0 Å². The van der Waals surface area contributed by atoms with E-state index in [1.807, 2.05) is 17.7 Å². The third kappa shape index (κ3) is 2.31.